The molecule has 1 aromatic carbocycles. The molecule has 0 unspecified atom stereocenters. The second-order valence-electron chi connectivity index (χ2n) is 3.50. The molecule has 1 heterocycles. The van der Waals surface area contributed by atoms with E-state index >= 15 is 0 Å². The summed E-state index contributed by atoms with van der Waals surface area (Å²) in [6, 6.07) is 8.27. The zero-order valence-corrected chi connectivity index (χ0v) is 8.60. The standard InChI is InChI=1S/C12H12N2O/c1-14-8-6-11-4-2-3-10(12(11)14)5-7-13-9-15/h2-4,6,8H,5,7H2,1H3. The Labute approximate surface area is 88.0 Å². The number of aromatic nitrogens is 1. The molecule has 0 bridgehead atoms. The Morgan fingerprint density at radius 3 is 3.07 bits per heavy atom. The first kappa shape index (κ1) is 9.69. The molecule has 15 heavy (non-hydrogen) atoms. The first-order valence-electron chi connectivity index (χ1n) is 4.89. The molecule has 3 nitrogen and oxygen atoms in total. The summed E-state index contributed by atoms with van der Waals surface area (Å²) in [5.74, 6) is 0. The third-order valence-electron chi connectivity index (χ3n) is 2.54. The smallest absolute Gasteiger partial charge is 0.234 e. The fraction of sp³-hybridized carbons (Fsp3) is 0.250. The molecule has 0 atom stereocenters. The van der Waals surface area contributed by atoms with E-state index in [1.54, 1.807) is 6.08 Å². The van der Waals surface area contributed by atoms with E-state index in [0.29, 0.717) is 6.54 Å². The third-order valence-corrected chi connectivity index (χ3v) is 2.54. The Kier molecular flexibility index (Phi) is 2.66. The van der Waals surface area contributed by atoms with E-state index in [4.69, 9.17) is 0 Å². The van der Waals surface area contributed by atoms with E-state index in [0.717, 1.165) is 6.42 Å². The molecule has 0 spiro atoms. The Morgan fingerprint density at radius 1 is 1.40 bits per heavy atom. The van der Waals surface area contributed by atoms with Crippen LogP contribution in [0, 0.1) is 0 Å². The van der Waals surface area contributed by atoms with Crippen LogP contribution in [0.25, 0.3) is 10.9 Å². The molecule has 0 saturated carbocycles. The predicted octanol–water partition coefficient (Wildman–Crippen LogP) is 2.06. The SMILES string of the molecule is Cn1ccc2cccc(CCN=C=O)c21. The Morgan fingerprint density at radius 2 is 2.27 bits per heavy atom. The van der Waals surface area contributed by atoms with Gasteiger partial charge in [0, 0.05) is 13.2 Å². The van der Waals surface area contributed by atoms with Crippen molar-refractivity contribution < 1.29 is 4.79 Å². The van der Waals surface area contributed by atoms with Crippen LogP contribution in [0.5, 0.6) is 0 Å². The molecule has 0 fully saturated rings. The molecular weight excluding hydrogens is 188 g/mol. The van der Waals surface area contributed by atoms with E-state index < -0.39 is 0 Å². The average molecular weight is 200 g/mol. The molecule has 0 saturated heterocycles. The van der Waals surface area contributed by atoms with Gasteiger partial charge in [0.05, 0.1) is 12.1 Å². The van der Waals surface area contributed by atoms with Crippen molar-refractivity contribution in [3.05, 3.63) is 36.0 Å². The van der Waals surface area contributed by atoms with Gasteiger partial charge in [0.25, 0.3) is 0 Å². The van der Waals surface area contributed by atoms with Gasteiger partial charge in [-0.3, -0.25) is 0 Å². The first-order valence-corrected chi connectivity index (χ1v) is 4.89. The Hall–Kier alpha value is -1.86. The number of rotatable bonds is 3. The summed E-state index contributed by atoms with van der Waals surface area (Å²) in [7, 11) is 2.02. The summed E-state index contributed by atoms with van der Waals surface area (Å²) in [4.78, 5) is 13.6. The number of benzene rings is 1. The topological polar surface area (TPSA) is 34.4 Å². The number of aliphatic imine (C=N–C) groups is 1. The van der Waals surface area contributed by atoms with Crippen LogP contribution in [-0.4, -0.2) is 17.2 Å². The Bertz CT molecular complexity index is 521. The monoisotopic (exact) mass is 200 g/mol. The highest BCUT2D eigenvalue weighted by Crippen LogP contribution is 2.19. The number of isocyanates is 1. The maximum Gasteiger partial charge on any atom is 0.234 e. The normalized spacial score (nSPS) is 10.2. The third kappa shape index (κ3) is 1.83. The van der Waals surface area contributed by atoms with Gasteiger partial charge >= 0.3 is 0 Å². The fourth-order valence-corrected chi connectivity index (χ4v) is 1.87. The van der Waals surface area contributed by atoms with Crippen LogP contribution in [0.1, 0.15) is 5.56 Å². The summed E-state index contributed by atoms with van der Waals surface area (Å²) in [5.41, 5.74) is 2.44. The number of carbonyl (C=O) groups excluding carboxylic acids is 1. The zero-order valence-electron chi connectivity index (χ0n) is 8.60. The maximum atomic E-state index is 9.98. The van der Waals surface area contributed by atoms with Crippen LogP contribution in [-0.2, 0) is 18.3 Å². The van der Waals surface area contributed by atoms with Crippen LogP contribution < -0.4 is 0 Å². The summed E-state index contributed by atoms with van der Waals surface area (Å²) in [6.07, 6.45) is 4.38. The lowest BCUT2D eigenvalue weighted by Crippen LogP contribution is -1.94. The van der Waals surface area contributed by atoms with Crippen molar-refractivity contribution in [2.45, 2.75) is 6.42 Å². The van der Waals surface area contributed by atoms with Crippen LogP contribution in [0.15, 0.2) is 35.5 Å². The molecule has 2 aromatic rings. The van der Waals surface area contributed by atoms with Crippen molar-refractivity contribution in [3.8, 4) is 0 Å². The molecule has 76 valence electrons. The number of para-hydroxylation sites is 1. The minimum Gasteiger partial charge on any atom is -0.350 e. The van der Waals surface area contributed by atoms with Gasteiger partial charge in [0.15, 0.2) is 0 Å². The van der Waals surface area contributed by atoms with Crippen LogP contribution in [0.4, 0.5) is 0 Å². The quantitative estimate of drug-likeness (QED) is 0.551. The van der Waals surface area contributed by atoms with E-state index in [1.807, 2.05) is 19.3 Å². The van der Waals surface area contributed by atoms with Crippen molar-refractivity contribution >= 4 is 17.0 Å². The van der Waals surface area contributed by atoms with Gasteiger partial charge in [-0.2, -0.15) is 0 Å². The minimum absolute atomic E-state index is 0.508. The highest BCUT2D eigenvalue weighted by Gasteiger charge is 2.03. The predicted molar refractivity (Wildman–Crippen MR) is 59.6 cm³/mol. The molecule has 0 amide bonds. The molecule has 0 aliphatic carbocycles. The second-order valence-corrected chi connectivity index (χ2v) is 3.50. The van der Waals surface area contributed by atoms with Crippen molar-refractivity contribution in [1.29, 1.82) is 0 Å². The lowest BCUT2D eigenvalue weighted by molar-refractivity contribution is 0.563. The molecule has 0 N–H and O–H groups in total. The molecular formula is C12H12N2O. The van der Waals surface area contributed by atoms with Gasteiger partial charge in [-0.05, 0) is 23.4 Å². The maximum absolute atomic E-state index is 9.98. The molecule has 1 aromatic heterocycles. The molecule has 0 aliphatic heterocycles. The minimum atomic E-state index is 0.508. The van der Waals surface area contributed by atoms with Gasteiger partial charge in [-0.1, -0.05) is 18.2 Å². The molecule has 0 aliphatic rings. The van der Waals surface area contributed by atoms with Gasteiger partial charge in [-0.25, -0.2) is 9.79 Å². The van der Waals surface area contributed by atoms with E-state index in [2.05, 4.69) is 27.8 Å². The lowest BCUT2D eigenvalue weighted by atomic mass is 10.1. The van der Waals surface area contributed by atoms with E-state index in [1.165, 1.54) is 16.5 Å². The van der Waals surface area contributed by atoms with Crippen molar-refractivity contribution in [2.24, 2.45) is 12.0 Å². The number of fused-ring (bicyclic) bond motifs is 1. The van der Waals surface area contributed by atoms with E-state index in [-0.39, 0.29) is 0 Å². The van der Waals surface area contributed by atoms with Crippen LogP contribution in [0.3, 0.4) is 0 Å². The Balaban J connectivity index is 2.41. The summed E-state index contributed by atoms with van der Waals surface area (Å²) >= 11 is 0. The average Bonchev–Trinajstić information content (AvgIpc) is 2.62. The number of nitrogens with zero attached hydrogens (tertiary/aromatic N) is 2. The molecule has 3 heteroatoms. The molecule has 2 rings (SSSR count). The largest absolute Gasteiger partial charge is 0.350 e. The number of hydrogen-bond acceptors (Lipinski definition) is 2. The van der Waals surface area contributed by atoms with Crippen LogP contribution >= 0.6 is 0 Å². The van der Waals surface area contributed by atoms with Crippen LogP contribution in [0.2, 0.25) is 0 Å². The van der Waals surface area contributed by atoms with Crippen molar-refractivity contribution in [2.75, 3.05) is 6.54 Å². The van der Waals surface area contributed by atoms with Gasteiger partial charge in [0.1, 0.15) is 0 Å². The summed E-state index contributed by atoms with van der Waals surface area (Å²) < 4.78 is 2.09. The van der Waals surface area contributed by atoms with Crippen molar-refractivity contribution in [1.82, 2.24) is 4.57 Å². The van der Waals surface area contributed by atoms with Gasteiger partial charge < -0.3 is 4.57 Å². The van der Waals surface area contributed by atoms with Crippen molar-refractivity contribution in [3.63, 3.8) is 0 Å². The van der Waals surface area contributed by atoms with E-state index in [9.17, 15) is 4.79 Å². The first-order chi connectivity index (χ1) is 7.33. The lowest BCUT2D eigenvalue weighted by Gasteiger charge is -2.03. The molecule has 0 radical (unpaired) electrons. The highest BCUT2D eigenvalue weighted by atomic mass is 16.1. The van der Waals surface area contributed by atoms with Gasteiger partial charge in [-0.15, -0.1) is 0 Å². The second kappa shape index (κ2) is 4.11. The zero-order chi connectivity index (χ0) is 10.7. The summed E-state index contributed by atoms with van der Waals surface area (Å²) in [5, 5.41) is 1.23. The number of aryl methyl sites for hydroxylation is 1. The van der Waals surface area contributed by atoms with Gasteiger partial charge in [0.2, 0.25) is 6.08 Å². The summed E-state index contributed by atoms with van der Waals surface area (Å²) in [6.45, 7) is 0.508. The highest BCUT2D eigenvalue weighted by molar-refractivity contribution is 5.83. The fourth-order valence-electron chi connectivity index (χ4n) is 1.87. The number of hydrogen-bond donors (Lipinski definition) is 0.